The first-order chi connectivity index (χ1) is 8.18. The Hall–Kier alpha value is -0.960. The zero-order valence-corrected chi connectivity index (χ0v) is 9.96. The van der Waals surface area contributed by atoms with E-state index < -0.39 is 17.7 Å². The van der Waals surface area contributed by atoms with E-state index in [0.717, 1.165) is 6.42 Å². The Labute approximate surface area is 101 Å². The largest absolute Gasteiger partial charge is 0.324 e. The van der Waals surface area contributed by atoms with Crippen LogP contribution in [0.2, 0.25) is 0 Å². The molecule has 0 radical (unpaired) electrons. The second-order valence-electron chi connectivity index (χ2n) is 4.97. The van der Waals surface area contributed by atoms with Gasteiger partial charge in [-0.3, -0.25) is 0 Å². The molecule has 1 aliphatic rings. The van der Waals surface area contributed by atoms with Crippen LogP contribution < -0.4 is 5.73 Å². The molecule has 94 valence electrons. The third-order valence-corrected chi connectivity index (χ3v) is 3.73. The monoisotopic (exact) mass is 239 g/mol. The van der Waals surface area contributed by atoms with Crippen molar-refractivity contribution in [3.8, 4) is 0 Å². The molecule has 0 aliphatic heterocycles. The predicted molar refractivity (Wildman–Crippen MR) is 64.5 cm³/mol. The summed E-state index contributed by atoms with van der Waals surface area (Å²) in [5.41, 5.74) is 5.94. The minimum Gasteiger partial charge on any atom is -0.324 e. The first-order valence-electron chi connectivity index (χ1n) is 6.38. The highest BCUT2D eigenvalue weighted by molar-refractivity contribution is 5.22. The summed E-state index contributed by atoms with van der Waals surface area (Å²) in [5.74, 6) is -0.344. The third kappa shape index (κ3) is 3.03. The van der Waals surface area contributed by atoms with E-state index in [1.807, 2.05) is 0 Å². The Morgan fingerprint density at radius 1 is 1.18 bits per heavy atom. The molecule has 0 spiro atoms. The summed E-state index contributed by atoms with van der Waals surface area (Å²) in [5, 5.41) is 0. The molecule has 1 unspecified atom stereocenters. The van der Waals surface area contributed by atoms with Crippen molar-refractivity contribution in [3.05, 3.63) is 35.4 Å². The normalized spacial score (nSPS) is 18.5. The molecule has 1 aliphatic carbocycles. The molecule has 1 fully saturated rings. The van der Waals surface area contributed by atoms with Gasteiger partial charge in [-0.2, -0.15) is 0 Å². The maximum Gasteiger partial charge on any atom is 0.130 e. The minimum absolute atomic E-state index is 0.0468. The molecule has 0 heterocycles. The molecular formula is C14H19F2N. The number of halogens is 2. The van der Waals surface area contributed by atoms with Gasteiger partial charge in [0.05, 0.1) is 0 Å². The molecular weight excluding hydrogens is 220 g/mol. The van der Waals surface area contributed by atoms with Gasteiger partial charge in [0.2, 0.25) is 0 Å². The van der Waals surface area contributed by atoms with Crippen molar-refractivity contribution in [2.75, 3.05) is 0 Å². The first kappa shape index (κ1) is 12.5. The second kappa shape index (κ2) is 5.58. The van der Waals surface area contributed by atoms with E-state index in [9.17, 15) is 8.78 Å². The maximum atomic E-state index is 13.5. The van der Waals surface area contributed by atoms with Crippen LogP contribution >= 0.6 is 0 Å². The molecule has 1 aromatic rings. The van der Waals surface area contributed by atoms with Gasteiger partial charge in [-0.25, -0.2) is 8.78 Å². The van der Waals surface area contributed by atoms with Crippen molar-refractivity contribution in [2.24, 2.45) is 11.7 Å². The van der Waals surface area contributed by atoms with E-state index >= 15 is 0 Å². The number of hydrogen-bond acceptors (Lipinski definition) is 1. The summed E-state index contributed by atoms with van der Waals surface area (Å²) in [4.78, 5) is 0. The van der Waals surface area contributed by atoms with Crippen LogP contribution in [-0.2, 0) is 0 Å². The first-order valence-corrected chi connectivity index (χ1v) is 6.38. The fraction of sp³-hybridized carbons (Fsp3) is 0.571. The summed E-state index contributed by atoms with van der Waals surface area (Å²) in [6, 6.07) is 3.40. The van der Waals surface area contributed by atoms with E-state index in [0.29, 0.717) is 12.3 Å². The third-order valence-electron chi connectivity index (χ3n) is 3.73. The van der Waals surface area contributed by atoms with Crippen LogP contribution in [0.15, 0.2) is 18.2 Å². The predicted octanol–water partition coefficient (Wildman–Crippen LogP) is 3.94. The van der Waals surface area contributed by atoms with E-state index in [-0.39, 0.29) is 5.56 Å². The van der Waals surface area contributed by atoms with Crippen molar-refractivity contribution < 1.29 is 8.78 Å². The fourth-order valence-electron chi connectivity index (χ4n) is 2.72. The highest BCUT2D eigenvalue weighted by Gasteiger charge is 2.20. The molecule has 17 heavy (non-hydrogen) atoms. The average Bonchev–Trinajstić information content (AvgIpc) is 2.79. The van der Waals surface area contributed by atoms with Crippen LogP contribution in [0.4, 0.5) is 8.78 Å². The fourth-order valence-corrected chi connectivity index (χ4v) is 2.72. The smallest absolute Gasteiger partial charge is 0.130 e. The molecule has 1 aromatic carbocycles. The van der Waals surface area contributed by atoms with Crippen LogP contribution in [0.3, 0.4) is 0 Å². The summed E-state index contributed by atoms with van der Waals surface area (Å²) in [6.07, 6.45) is 6.71. The molecule has 0 amide bonds. The van der Waals surface area contributed by atoms with Crippen LogP contribution in [0.25, 0.3) is 0 Å². The van der Waals surface area contributed by atoms with Gasteiger partial charge >= 0.3 is 0 Å². The molecule has 2 N–H and O–H groups in total. The van der Waals surface area contributed by atoms with Gasteiger partial charge in [0.25, 0.3) is 0 Å². The summed E-state index contributed by atoms with van der Waals surface area (Å²) in [6.45, 7) is 0. The lowest BCUT2D eigenvalue weighted by molar-refractivity contribution is 0.435. The highest BCUT2D eigenvalue weighted by Crippen LogP contribution is 2.31. The van der Waals surface area contributed by atoms with Crippen molar-refractivity contribution in [2.45, 2.75) is 44.6 Å². The Balaban J connectivity index is 1.96. The molecule has 1 saturated carbocycles. The zero-order chi connectivity index (χ0) is 12.3. The van der Waals surface area contributed by atoms with E-state index in [1.54, 1.807) is 0 Å². The summed E-state index contributed by atoms with van der Waals surface area (Å²) < 4.78 is 27.0. The standard InChI is InChI=1S/C14H19F2N/c15-11-6-3-7-12(16)14(11)13(17)9-8-10-4-1-2-5-10/h3,6-7,10,13H,1-2,4-5,8-9,17H2. The maximum absolute atomic E-state index is 13.5. The van der Waals surface area contributed by atoms with E-state index in [1.165, 1.54) is 43.9 Å². The molecule has 0 bridgehead atoms. The van der Waals surface area contributed by atoms with Crippen LogP contribution in [0, 0.1) is 17.6 Å². The van der Waals surface area contributed by atoms with Gasteiger partial charge in [-0.1, -0.05) is 31.7 Å². The van der Waals surface area contributed by atoms with Gasteiger partial charge in [-0.15, -0.1) is 0 Å². The molecule has 1 atom stereocenters. The Morgan fingerprint density at radius 3 is 2.35 bits per heavy atom. The Bertz CT molecular complexity index is 352. The van der Waals surface area contributed by atoms with Gasteiger partial charge in [0.1, 0.15) is 11.6 Å². The number of hydrogen-bond donors (Lipinski definition) is 1. The molecule has 3 heteroatoms. The lowest BCUT2D eigenvalue weighted by Gasteiger charge is -2.16. The van der Waals surface area contributed by atoms with Gasteiger partial charge in [0, 0.05) is 11.6 Å². The Morgan fingerprint density at radius 2 is 1.76 bits per heavy atom. The summed E-state index contributed by atoms with van der Waals surface area (Å²) >= 11 is 0. The van der Waals surface area contributed by atoms with Crippen molar-refractivity contribution >= 4 is 0 Å². The van der Waals surface area contributed by atoms with Crippen LogP contribution in [-0.4, -0.2) is 0 Å². The Kier molecular flexibility index (Phi) is 4.11. The topological polar surface area (TPSA) is 26.0 Å². The number of nitrogens with two attached hydrogens (primary N) is 1. The zero-order valence-electron chi connectivity index (χ0n) is 9.96. The molecule has 0 saturated heterocycles. The van der Waals surface area contributed by atoms with Crippen LogP contribution in [0.1, 0.15) is 50.1 Å². The average molecular weight is 239 g/mol. The summed E-state index contributed by atoms with van der Waals surface area (Å²) in [7, 11) is 0. The number of rotatable bonds is 4. The second-order valence-corrected chi connectivity index (χ2v) is 4.97. The van der Waals surface area contributed by atoms with Gasteiger partial charge < -0.3 is 5.73 Å². The lowest BCUT2D eigenvalue weighted by atomic mass is 9.95. The van der Waals surface area contributed by atoms with Crippen LogP contribution in [0.5, 0.6) is 0 Å². The van der Waals surface area contributed by atoms with Crippen molar-refractivity contribution in [3.63, 3.8) is 0 Å². The highest BCUT2D eigenvalue weighted by atomic mass is 19.1. The number of benzene rings is 1. The quantitative estimate of drug-likeness (QED) is 0.846. The molecule has 2 rings (SSSR count). The van der Waals surface area contributed by atoms with E-state index in [2.05, 4.69) is 0 Å². The van der Waals surface area contributed by atoms with Gasteiger partial charge in [0.15, 0.2) is 0 Å². The van der Waals surface area contributed by atoms with Crippen molar-refractivity contribution in [1.82, 2.24) is 0 Å². The van der Waals surface area contributed by atoms with E-state index in [4.69, 9.17) is 5.73 Å². The molecule has 0 aromatic heterocycles. The van der Waals surface area contributed by atoms with Crippen molar-refractivity contribution in [1.29, 1.82) is 0 Å². The minimum atomic E-state index is -0.524. The lowest BCUT2D eigenvalue weighted by Crippen LogP contribution is -2.15. The van der Waals surface area contributed by atoms with Gasteiger partial charge in [-0.05, 0) is 30.9 Å². The SMILES string of the molecule is NC(CCC1CCCC1)c1c(F)cccc1F. The molecule has 1 nitrogen and oxygen atoms in total.